The maximum atomic E-state index is 2.42. The average molecular weight is 198 g/mol. The highest BCUT2D eigenvalue weighted by atomic mass is 28.3. The Kier molecular flexibility index (Phi) is 4.50. The summed E-state index contributed by atoms with van der Waals surface area (Å²) < 4.78 is 0. The van der Waals surface area contributed by atoms with Crippen molar-refractivity contribution >= 4 is 8.07 Å². The highest BCUT2D eigenvalue weighted by Crippen LogP contribution is 2.37. The largest absolute Gasteiger partial charge is 0.0657 e. The molecule has 13 heavy (non-hydrogen) atoms. The van der Waals surface area contributed by atoms with Crippen molar-refractivity contribution in [2.75, 3.05) is 0 Å². The van der Waals surface area contributed by atoms with Gasteiger partial charge in [0.05, 0.1) is 8.07 Å². The molecule has 1 heteroatoms. The molecule has 0 saturated carbocycles. The van der Waals surface area contributed by atoms with Crippen molar-refractivity contribution in [3.63, 3.8) is 0 Å². The molecular weight excluding hydrogens is 172 g/mol. The Bertz CT molecular complexity index is 129. The molecular formula is C12H26Si. The molecule has 0 N–H and O–H groups in total. The van der Waals surface area contributed by atoms with Crippen LogP contribution in [0.15, 0.2) is 0 Å². The Labute approximate surface area is 85.1 Å². The maximum absolute atomic E-state index is 2.42. The van der Waals surface area contributed by atoms with E-state index in [2.05, 4.69) is 20.8 Å². The van der Waals surface area contributed by atoms with Gasteiger partial charge >= 0.3 is 0 Å². The molecule has 0 aromatic rings. The van der Waals surface area contributed by atoms with Crippen LogP contribution in [0.3, 0.4) is 0 Å². The van der Waals surface area contributed by atoms with Crippen LogP contribution < -0.4 is 0 Å². The van der Waals surface area contributed by atoms with Crippen molar-refractivity contribution < 1.29 is 0 Å². The van der Waals surface area contributed by atoms with Crippen molar-refractivity contribution in [3.8, 4) is 0 Å². The van der Waals surface area contributed by atoms with Crippen LogP contribution in [0.1, 0.15) is 46.5 Å². The maximum Gasteiger partial charge on any atom is 0.0538 e. The normalized spacial score (nSPS) is 22.2. The van der Waals surface area contributed by atoms with Gasteiger partial charge in [0, 0.05) is 0 Å². The first-order valence-corrected chi connectivity index (χ1v) is 9.01. The third-order valence-corrected chi connectivity index (χ3v) is 9.61. The van der Waals surface area contributed by atoms with E-state index in [4.69, 9.17) is 0 Å². The van der Waals surface area contributed by atoms with Crippen molar-refractivity contribution in [1.82, 2.24) is 0 Å². The van der Waals surface area contributed by atoms with Gasteiger partial charge in [0.25, 0.3) is 0 Å². The van der Waals surface area contributed by atoms with Crippen LogP contribution >= 0.6 is 0 Å². The van der Waals surface area contributed by atoms with E-state index >= 15 is 0 Å². The monoisotopic (exact) mass is 198 g/mol. The van der Waals surface area contributed by atoms with E-state index in [-0.39, 0.29) is 0 Å². The third kappa shape index (κ3) is 3.45. The van der Waals surface area contributed by atoms with Gasteiger partial charge in [-0.3, -0.25) is 0 Å². The molecule has 0 bridgehead atoms. The minimum atomic E-state index is -0.746. The van der Waals surface area contributed by atoms with Crippen molar-refractivity contribution in [2.45, 2.75) is 70.6 Å². The van der Waals surface area contributed by atoms with E-state index in [1.165, 1.54) is 12.8 Å². The lowest BCUT2D eigenvalue weighted by Crippen LogP contribution is -2.37. The summed E-state index contributed by atoms with van der Waals surface area (Å²) in [7, 11) is -0.746. The number of rotatable bonds is 4. The van der Waals surface area contributed by atoms with Gasteiger partial charge in [-0.2, -0.15) is 0 Å². The molecule has 1 aliphatic rings. The zero-order chi connectivity index (χ0) is 9.73. The zero-order valence-corrected chi connectivity index (χ0v) is 10.7. The third-order valence-electron chi connectivity index (χ3n) is 3.54. The van der Waals surface area contributed by atoms with Crippen molar-refractivity contribution in [2.24, 2.45) is 5.92 Å². The first-order valence-electron chi connectivity index (χ1n) is 6.18. The molecule has 0 amide bonds. The molecule has 0 aromatic carbocycles. The summed E-state index contributed by atoms with van der Waals surface area (Å²) >= 11 is 0. The van der Waals surface area contributed by atoms with E-state index in [1.54, 1.807) is 37.0 Å². The molecule has 78 valence electrons. The summed E-state index contributed by atoms with van der Waals surface area (Å²) in [6.07, 6.45) is 6.08. The first kappa shape index (κ1) is 11.3. The Morgan fingerprint density at radius 1 is 1.08 bits per heavy atom. The van der Waals surface area contributed by atoms with Gasteiger partial charge < -0.3 is 0 Å². The second-order valence-electron chi connectivity index (χ2n) is 5.41. The summed E-state index contributed by atoms with van der Waals surface area (Å²) in [6.45, 7) is 7.21. The van der Waals surface area contributed by atoms with Crippen molar-refractivity contribution in [1.29, 1.82) is 0 Å². The molecule has 1 fully saturated rings. The predicted molar refractivity (Wildman–Crippen MR) is 64.0 cm³/mol. The quantitative estimate of drug-likeness (QED) is 0.575. The molecule has 0 atom stereocenters. The molecule has 0 aliphatic carbocycles. The van der Waals surface area contributed by atoms with Gasteiger partial charge in [-0.25, -0.2) is 0 Å². The van der Waals surface area contributed by atoms with Crippen molar-refractivity contribution in [3.05, 3.63) is 0 Å². The molecule has 1 aliphatic heterocycles. The SMILES string of the molecule is CCC[Si]1(CC(C)C)CCCCC1. The summed E-state index contributed by atoms with van der Waals surface area (Å²) in [4.78, 5) is 0. The molecule has 1 rings (SSSR count). The number of hydrogen-bond donors (Lipinski definition) is 0. The highest BCUT2D eigenvalue weighted by molar-refractivity contribution is 6.80. The fourth-order valence-corrected chi connectivity index (χ4v) is 9.41. The average Bonchev–Trinajstić information content (AvgIpc) is 2.04. The van der Waals surface area contributed by atoms with E-state index in [1.807, 2.05) is 0 Å². The van der Waals surface area contributed by atoms with Gasteiger partial charge in [-0.05, 0) is 5.92 Å². The molecule has 1 heterocycles. The van der Waals surface area contributed by atoms with Gasteiger partial charge in [-0.15, -0.1) is 0 Å². The fourth-order valence-electron chi connectivity index (χ4n) is 3.25. The molecule has 0 unspecified atom stereocenters. The minimum absolute atomic E-state index is 0.746. The van der Waals surface area contributed by atoms with E-state index in [9.17, 15) is 0 Å². The molecule has 0 radical (unpaired) electrons. The van der Waals surface area contributed by atoms with Crippen LogP contribution in [0.25, 0.3) is 0 Å². The van der Waals surface area contributed by atoms with E-state index in [0.29, 0.717) is 0 Å². The lowest BCUT2D eigenvalue weighted by molar-refractivity contribution is 0.653. The van der Waals surface area contributed by atoms with Crippen LogP contribution in [-0.4, -0.2) is 8.07 Å². The standard InChI is InChI=1S/C12H26Si/c1-4-8-13(11-12(2)3)9-6-5-7-10-13/h12H,4-11H2,1-3H3. The van der Waals surface area contributed by atoms with E-state index in [0.717, 1.165) is 5.92 Å². The molecule has 0 spiro atoms. The predicted octanol–water partition coefficient (Wildman–Crippen LogP) is 4.69. The van der Waals surface area contributed by atoms with Crippen LogP contribution in [0.5, 0.6) is 0 Å². The van der Waals surface area contributed by atoms with Gasteiger partial charge in [-0.1, -0.05) is 70.6 Å². The minimum Gasteiger partial charge on any atom is -0.0657 e. The second-order valence-corrected chi connectivity index (χ2v) is 10.3. The summed E-state index contributed by atoms with van der Waals surface area (Å²) in [6, 6.07) is 6.53. The lowest BCUT2D eigenvalue weighted by Gasteiger charge is -2.36. The topological polar surface area (TPSA) is 0 Å². The number of hydrogen-bond acceptors (Lipinski definition) is 0. The zero-order valence-electron chi connectivity index (χ0n) is 9.73. The Morgan fingerprint density at radius 2 is 1.69 bits per heavy atom. The van der Waals surface area contributed by atoms with Crippen LogP contribution in [0.4, 0.5) is 0 Å². The molecule has 1 saturated heterocycles. The first-order chi connectivity index (χ1) is 6.18. The van der Waals surface area contributed by atoms with Gasteiger partial charge in [0.2, 0.25) is 0 Å². The van der Waals surface area contributed by atoms with Crippen LogP contribution in [0.2, 0.25) is 24.2 Å². The fraction of sp³-hybridized carbons (Fsp3) is 1.00. The highest BCUT2D eigenvalue weighted by Gasteiger charge is 2.33. The van der Waals surface area contributed by atoms with Gasteiger partial charge in [0.1, 0.15) is 0 Å². The van der Waals surface area contributed by atoms with Crippen LogP contribution in [-0.2, 0) is 0 Å². The Balaban J connectivity index is 2.50. The molecule has 0 aromatic heterocycles. The summed E-state index contributed by atoms with van der Waals surface area (Å²) in [5.74, 6) is 0.955. The van der Waals surface area contributed by atoms with Gasteiger partial charge in [0.15, 0.2) is 0 Å². The van der Waals surface area contributed by atoms with E-state index < -0.39 is 8.07 Å². The molecule has 0 nitrogen and oxygen atoms in total. The lowest BCUT2D eigenvalue weighted by atomic mass is 10.2. The second kappa shape index (κ2) is 5.19. The summed E-state index contributed by atoms with van der Waals surface area (Å²) in [5, 5.41) is 0. The Hall–Kier alpha value is 0.217. The van der Waals surface area contributed by atoms with Crippen LogP contribution in [0, 0.1) is 5.92 Å². The smallest absolute Gasteiger partial charge is 0.0538 e. The summed E-state index contributed by atoms with van der Waals surface area (Å²) in [5.41, 5.74) is 0. The Morgan fingerprint density at radius 3 is 2.15 bits per heavy atom.